The molecule has 3 rings (SSSR count). The van der Waals surface area contributed by atoms with Crippen LogP contribution in [0.25, 0.3) is 0 Å². The molecule has 2 aromatic rings. The van der Waals surface area contributed by atoms with Gasteiger partial charge in [-0.15, -0.1) is 11.3 Å². The van der Waals surface area contributed by atoms with Crippen LogP contribution in [0, 0.1) is 12.7 Å². The fourth-order valence-corrected chi connectivity index (χ4v) is 3.20. The Bertz CT molecular complexity index is 581. The zero-order chi connectivity index (χ0) is 12.7. The highest BCUT2D eigenvalue weighted by Gasteiger charge is 2.28. The minimum atomic E-state index is -0.266. The van der Waals surface area contributed by atoms with Gasteiger partial charge < -0.3 is 10.5 Å². The number of ether oxygens (including phenoxy) is 1. The molecular weight excluding hydrogens is 249 g/mol. The molecule has 2 heterocycles. The van der Waals surface area contributed by atoms with Gasteiger partial charge in [0, 0.05) is 27.8 Å². The minimum absolute atomic E-state index is 0.0170. The van der Waals surface area contributed by atoms with Crippen LogP contribution in [0.4, 0.5) is 4.39 Å². The number of thiophene rings is 1. The molecule has 18 heavy (non-hydrogen) atoms. The Kier molecular flexibility index (Phi) is 2.84. The Morgan fingerprint density at radius 2 is 2.17 bits per heavy atom. The summed E-state index contributed by atoms with van der Waals surface area (Å²) in [5.41, 5.74) is 6.87. The lowest BCUT2D eigenvalue weighted by atomic mass is 9.96. The number of rotatable bonds is 1. The summed E-state index contributed by atoms with van der Waals surface area (Å²) < 4.78 is 19.1. The van der Waals surface area contributed by atoms with Crippen LogP contribution in [0.3, 0.4) is 0 Å². The predicted octanol–water partition coefficient (Wildman–Crippen LogP) is 3.72. The molecule has 0 radical (unpaired) electrons. The van der Waals surface area contributed by atoms with Crippen molar-refractivity contribution in [3.05, 3.63) is 51.5 Å². The highest BCUT2D eigenvalue weighted by molar-refractivity contribution is 7.12. The van der Waals surface area contributed by atoms with Crippen molar-refractivity contribution in [2.24, 2.45) is 5.73 Å². The molecule has 1 aliphatic rings. The average molecular weight is 263 g/mol. The van der Waals surface area contributed by atoms with Crippen LogP contribution in [0.1, 0.15) is 33.9 Å². The van der Waals surface area contributed by atoms with Gasteiger partial charge in [0.2, 0.25) is 0 Å². The van der Waals surface area contributed by atoms with Crippen LogP contribution in [-0.2, 0) is 0 Å². The summed E-state index contributed by atoms with van der Waals surface area (Å²) in [6.45, 7) is 2.07. The molecule has 0 aliphatic carbocycles. The molecule has 0 saturated heterocycles. The Balaban J connectivity index is 1.94. The summed E-state index contributed by atoms with van der Waals surface area (Å²) in [6, 6.07) is 8.53. The Hall–Kier alpha value is -1.39. The van der Waals surface area contributed by atoms with Gasteiger partial charge in [-0.2, -0.15) is 0 Å². The van der Waals surface area contributed by atoms with E-state index in [4.69, 9.17) is 10.5 Å². The van der Waals surface area contributed by atoms with E-state index < -0.39 is 0 Å². The van der Waals surface area contributed by atoms with Crippen LogP contribution >= 0.6 is 11.3 Å². The number of hydrogen-bond acceptors (Lipinski definition) is 3. The van der Waals surface area contributed by atoms with Crippen LogP contribution < -0.4 is 10.5 Å². The van der Waals surface area contributed by atoms with Gasteiger partial charge in [-0.25, -0.2) is 4.39 Å². The van der Waals surface area contributed by atoms with E-state index in [1.54, 1.807) is 17.4 Å². The number of hydrogen-bond donors (Lipinski definition) is 1. The molecule has 0 amide bonds. The monoisotopic (exact) mass is 263 g/mol. The van der Waals surface area contributed by atoms with Gasteiger partial charge in [0.1, 0.15) is 17.7 Å². The van der Waals surface area contributed by atoms with Crippen molar-refractivity contribution < 1.29 is 9.13 Å². The van der Waals surface area contributed by atoms with Crippen molar-refractivity contribution in [2.75, 3.05) is 0 Å². The molecule has 0 bridgehead atoms. The van der Waals surface area contributed by atoms with Crippen LogP contribution in [0.15, 0.2) is 30.3 Å². The van der Waals surface area contributed by atoms with Crippen LogP contribution in [0.2, 0.25) is 0 Å². The smallest absolute Gasteiger partial charge is 0.135 e. The van der Waals surface area contributed by atoms with E-state index in [9.17, 15) is 4.39 Å². The first-order valence-electron chi connectivity index (χ1n) is 5.91. The SMILES string of the molecule is Cc1ccc(C2CC(N)c3cc(F)ccc3O2)s1. The minimum Gasteiger partial charge on any atom is -0.484 e. The lowest BCUT2D eigenvalue weighted by molar-refractivity contribution is 0.164. The Morgan fingerprint density at radius 3 is 2.89 bits per heavy atom. The molecule has 4 heteroatoms. The van der Waals surface area contributed by atoms with Gasteiger partial charge in [-0.3, -0.25) is 0 Å². The third-order valence-corrected chi connectivity index (χ3v) is 4.28. The first kappa shape index (κ1) is 11.7. The highest BCUT2D eigenvalue weighted by Crippen LogP contribution is 2.41. The second-order valence-corrected chi connectivity index (χ2v) is 5.90. The van der Waals surface area contributed by atoms with Gasteiger partial charge in [0.15, 0.2) is 0 Å². The predicted molar refractivity (Wildman–Crippen MR) is 70.4 cm³/mol. The Labute approximate surface area is 109 Å². The molecular formula is C14H14FNOS. The van der Waals surface area contributed by atoms with Crippen molar-refractivity contribution in [3.8, 4) is 5.75 Å². The number of fused-ring (bicyclic) bond motifs is 1. The van der Waals surface area contributed by atoms with Gasteiger partial charge in [-0.1, -0.05) is 0 Å². The zero-order valence-electron chi connectivity index (χ0n) is 10.0. The van der Waals surface area contributed by atoms with Crippen molar-refractivity contribution in [2.45, 2.75) is 25.5 Å². The lowest BCUT2D eigenvalue weighted by Gasteiger charge is -2.29. The largest absolute Gasteiger partial charge is 0.484 e. The van der Waals surface area contributed by atoms with Crippen molar-refractivity contribution >= 4 is 11.3 Å². The molecule has 1 aliphatic heterocycles. The maximum absolute atomic E-state index is 13.2. The molecule has 1 aromatic carbocycles. The van der Waals surface area contributed by atoms with Gasteiger partial charge in [0.05, 0.1) is 0 Å². The molecule has 0 fully saturated rings. The third kappa shape index (κ3) is 2.02. The van der Waals surface area contributed by atoms with Crippen LogP contribution in [-0.4, -0.2) is 0 Å². The summed E-state index contributed by atoms with van der Waals surface area (Å²) in [6.07, 6.45) is 0.674. The number of nitrogens with two attached hydrogens (primary N) is 1. The Morgan fingerprint density at radius 1 is 1.33 bits per heavy atom. The zero-order valence-corrected chi connectivity index (χ0v) is 10.8. The third-order valence-electron chi connectivity index (χ3n) is 3.19. The standard InChI is InChI=1S/C14H14FNOS/c1-8-2-5-14(18-8)13-7-11(16)10-6-9(15)3-4-12(10)17-13/h2-6,11,13H,7,16H2,1H3. The molecule has 2 unspecified atom stereocenters. The first-order chi connectivity index (χ1) is 8.63. The van der Waals surface area contributed by atoms with E-state index in [-0.39, 0.29) is 18.0 Å². The van der Waals surface area contributed by atoms with E-state index in [1.165, 1.54) is 21.9 Å². The number of aryl methyl sites for hydroxylation is 1. The summed E-state index contributed by atoms with van der Waals surface area (Å²) in [4.78, 5) is 2.44. The van der Waals surface area contributed by atoms with Gasteiger partial charge in [0.25, 0.3) is 0 Å². The average Bonchev–Trinajstić information content (AvgIpc) is 2.77. The second kappa shape index (κ2) is 4.37. The number of benzene rings is 1. The normalized spacial score (nSPS) is 22.4. The summed E-state index contributed by atoms with van der Waals surface area (Å²) in [5.74, 6) is 0.435. The van der Waals surface area contributed by atoms with Crippen LogP contribution in [0.5, 0.6) is 5.75 Å². The molecule has 1 aromatic heterocycles. The maximum atomic E-state index is 13.2. The fourth-order valence-electron chi connectivity index (χ4n) is 2.28. The quantitative estimate of drug-likeness (QED) is 0.851. The van der Waals surface area contributed by atoms with Gasteiger partial charge in [-0.05, 0) is 37.3 Å². The van der Waals surface area contributed by atoms with Crippen molar-refractivity contribution in [3.63, 3.8) is 0 Å². The summed E-state index contributed by atoms with van der Waals surface area (Å²) in [5, 5.41) is 0. The maximum Gasteiger partial charge on any atom is 0.135 e. The first-order valence-corrected chi connectivity index (χ1v) is 6.73. The molecule has 2 nitrogen and oxygen atoms in total. The lowest BCUT2D eigenvalue weighted by Crippen LogP contribution is -2.23. The van der Waals surface area contributed by atoms with E-state index >= 15 is 0 Å². The number of halogens is 1. The van der Waals surface area contributed by atoms with Crippen molar-refractivity contribution in [1.29, 1.82) is 0 Å². The summed E-state index contributed by atoms with van der Waals surface area (Å²) >= 11 is 1.72. The van der Waals surface area contributed by atoms with E-state index in [1.807, 2.05) is 0 Å². The molecule has 0 saturated carbocycles. The highest BCUT2D eigenvalue weighted by atomic mass is 32.1. The van der Waals surface area contributed by atoms with E-state index in [2.05, 4.69) is 19.1 Å². The fraction of sp³-hybridized carbons (Fsp3) is 0.286. The summed E-state index contributed by atoms with van der Waals surface area (Å²) in [7, 11) is 0. The topological polar surface area (TPSA) is 35.2 Å². The molecule has 94 valence electrons. The molecule has 0 spiro atoms. The molecule has 2 N–H and O–H groups in total. The van der Waals surface area contributed by atoms with Gasteiger partial charge >= 0.3 is 0 Å². The molecule has 2 atom stereocenters. The second-order valence-electron chi connectivity index (χ2n) is 4.58. The van der Waals surface area contributed by atoms with E-state index in [0.717, 1.165) is 5.56 Å². The van der Waals surface area contributed by atoms with E-state index in [0.29, 0.717) is 12.2 Å². The van der Waals surface area contributed by atoms with Crippen molar-refractivity contribution in [1.82, 2.24) is 0 Å².